The number of nitrogens with one attached hydrogen (secondary N) is 2. The van der Waals surface area contributed by atoms with Crippen molar-refractivity contribution in [2.45, 2.75) is 150 Å². The molecule has 4 unspecified atom stereocenters. The highest BCUT2D eigenvalue weighted by Gasteiger charge is 2.54. The molecule has 4 N–H and O–H groups in total. The maximum absolute atomic E-state index is 13.7. The lowest BCUT2D eigenvalue weighted by Gasteiger charge is -2.30. The highest BCUT2D eigenvalue weighted by atomic mass is 16.3. The smallest absolute Gasteiger partial charge is 0.255 e. The lowest BCUT2D eigenvalue weighted by molar-refractivity contribution is -0.149. The van der Waals surface area contributed by atoms with Gasteiger partial charge in [-0.25, -0.2) is 0 Å². The number of imide groups is 2. The van der Waals surface area contributed by atoms with Crippen LogP contribution < -0.4 is 10.9 Å². The van der Waals surface area contributed by atoms with Crippen molar-refractivity contribution in [3.63, 3.8) is 0 Å². The summed E-state index contributed by atoms with van der Waals surface area (Å²) in [6.45, 7) is 25.9. The SMILES string of the molecule is CC1=CC2C(=O)N(NC(=O)CCc3cc(C(C)(C)C)c(O)c(C(C)(C)C)c3)C(=O)C2CC1C1CC(=O)N(NC(=O)CCc2cc(C(C)(C)C)c(O)c(C(C)(C)C)c2)C1=O. The van der Waals surface area contributed by atoms with E-state index in [4.69, 9.17) is 0 Å². The van der Waals surface area contributed by atoms with Crippen LogP contribution >= 0.6 is 0 Å². The maximum atomic E-state index is 13.7. The molecule has 320 valence electrons. The van der Waals surface area contributed by atoms with E-state index in [2.05, 4.69) is 10.9 Å². The van der Waals surface area contributed by atoms with Crippen LogP contribution in [0.3, 0.4) is 0 Å². The Bertz CT molecular complexity index is 2040. The molecule has 2 aliphatic heterocycles. The van der Waals surface area contributed by atoms with Crippen molar-refractivity contribution in [3.8, 4) is 11.5 Å². The van der Waals surface area contributed by atoms with Gasteiger partial charge in [-0.2, -0.15) is 10.0 Å². The van der Waals surface area contributed by atoms with Gasteiger partial charge in [0, 0.05) is 19.3 Å². The van der Waals surface area contributed by atoms with Crippen LogP contribution in [0.25, 0.3) is 0 Å². The molecule has 0 aromatic heterocycles. The van der Waals surface area contributed by atoms with Crippen LogP contribution in [0.1, 0.15) is 149 Å². The van der Waals surface area contributed by atoms with Crippen molar-refractivity contribution in [1.82, 2.24) is 20.9 Å². The number of phenols is 2. The lowest BCUT2D eigenvalue weighted by atomic mass is 9.71. The number of allylic oxidation sites excluding steroid dienone is 1. The first-order valence-corrected chi connectivity index (χ1v) is 20.8. The summed E-state index contributed by atoms with van der Waals surface area (Å²) in [6.07, 6.45) is 2.25. The van der Waals surface area contributed by atoms with E-state index in [1.807, 2.05) is 107 Å². The van der Waals surface area contributed by atoms with Crippen molar-refractivity contribution < 1.29 is 39.0 Å². The van der Waals surface area contributed by atoms with Crippen LogP contribution in [-0.2, 0) is 63.3 Å². The van der Waals surface area contributed by atoms with E-state index in [0.717, 1.165) is 43.4 Å². The molecule has 2 saturated heterocycles. The monoisotopic (exact) mass is 812 g/mol. The van der Waals surface area contributed by atoms with Gasteiger partial charge in [0.25, 0.3) is 17.7 Å². The van der Waals surface area contributed by atoms with Crippen LogP contribution in [0, 0.1) is 23.7 Å². The molecule has 59 heavy (non-hydrogen) atoms. The van der Waals surface area contributed by atoms with Gasteiger partial charge in [-0.3, -0.25) is 39.6 Å². The molecule has 12 nitrogen and oxygen atoms in total. The second-order valence-electron chi connectivity index (χ2n) is 20.9. The number of nitrogens with zero attached hydrogens (tertiary/aromatic N) is 2. The largest absolute Gasteiger partial charge is 0.507 e. The number of amides is 6. The number of carbonyl (C=O) groups excluding carboxylic acids is 6. The molecule has 5 rings (SSSR count). The van der Waals surface area contributed by atoms with Gasteiger partial charge in [0.2, 0.25) is 17.7 Å². The zero-order chi connectivity index (χ0) is 44.3. The number of aromatic hydroxyl groups is 2. The molecule has 3 aliphatic rings. The number of phenolic OH excluding ortho intramolecular Hbond substituents is 2. The van der Waals surface area contributed by atoms with E-state index in [1.54, 1.807) is 13.0 Å². The Kier molecular flexibility index (Phi) is 12.1. The zero-order valence-electron chi connectivity index (χ0n) is 37.2. The highest BCUT2D eigenvalue weighted by Crippen LogP contribution is 2.45. The molecule has 6 amide bonds. The van der Waals surface area contributed by atoms with Crippen LogP contribution in [0.2, 0.25) is 0 Å². The summed E-state index contributed by atoms with van der Waals surface area (Å²) in [4.78, 5) is 80.6. The summed E-state index contributed by atoms with van der Waals surface area (Å²) < 4.78 is 0. The number of hydrazine groups is 2. The topological polar surface area (TPSA) is 173 Å². The molecule has 1 aliphatic carbocycles. The third-order valence-electron chi connectivity index (χ3n) is 12.0. The van der Waals surface area contributed by atoms with E-state index >= 15 is 0 Å². The first-order valence-electron chi connectivity index (χ1n) is 20.8. The molecule has 0 radical (unpaired) electrons. The zero-order valence-corrected chi connectivity index (χ0v) is 37.2. The van der Waals surface area contributed by atoms with E-state index in [-0.39, 0.29) is 58.8 Å². The number of aryl methyl sites for hydroxylation is 2. The van der Waals surface area contributed by atoms with Crippen LogP contribution in [0.4, 0.5) is 0 Å². The fourth-order valence-electron chi connectivity index (χ4n) is 8.57. The number of hydrogen-bond acceptors (Lipinski definition) is 8. The first kappa shape index (κ1) is 45.1. The summed E-state index contributed by atoms with van der Waals surface area (Å²) in [6, 6.07) is 7.60. The molecule has 2 aromatic rings. The fourth-order valence-corrected chi connectivity index (χ4v) is 8.57. The predicted molar refractivity (Wildman–Crippen MR) is 225 cm³/mol. The van der Waals surface area contributed by atoms with Crippen molar-refractivity contribution in [2.75, 3.05) is 0 Å². The molecular formula is C47H64N4O8. The fraction of sp³-hybridized carbons (Fsp3) is 0.574. The molecule has 2 aromatic carbocycles. The van der Waals surface area contributed by atoms with Gasteiger partial charge in [-0.05, 0) is 87.1 Å². The minimum absolute atomic E-state index is 0.00516. The van der Waals surface area contributed by atoms with Gasteiger partial charge < -0.3 is 10.2 Å². The Balaban J connectivity index is 1.22. The minimum atomic E-state index is -0.839. The highest BCUT2D eigenvalue weighted by molar-refractivity contribution is 6.08. The maximum Gasteiger partial charge on any atom is 0.255 e. The van der Waals surface area contributed by atoms with Crippen molar-refractivity contribution in [2.24, 2.45) is 23.7 Å². The third kappa shape index (κ3) is 9.42. The van der Waals surface area contributed by atoms with Crippen LogP contribution in [-0.4, -0.2) is 55.7 Å². The number of rotatable bonds is 9. The Morgan fingerprint density at radius 1 is 0.593 bits per heavy atom. The normalized spacial score (nSPS) is 21.5. The Morgan fingerprint density at radius 3 is 1.36 bits per heavy atom. The second kappa shape index (κ2) is 15.9. The first-order chi connectivity index (χ1) is 27.0. The van der Waals surface area contributed by atoms with Crippen molar-refractivity contribution in [3.05, 3.63) is 69.3 Å². The predicted octanol–water partition coefficient (Wildman–Crippen LogP) is 6.86. The summed E-state index contributed by atoms with van der Waals surface area (Å²) >= 11 is 0. The lowest BCUT2D eigenvalue weighted by Crippen LogP contribution is -2.47. The minimum Gasteiger partial charge on any atom is -0.507 e. The van der Waals surface area contributed by atoms with Crippen LogP contribution in [0.15, 0.2) is 35.9 Å². The average Bonchev–Trinajstić information content (AvgIpc) is 3.50. The molecular weight excluding hydrogens is 749 g/mol. The molecule has 0 spiro atoms. The molecule has 12 heteroatoms. The number of hydrogen-bond donors (Lipinski definition) is 4. The van der Waals surface area contributed by atoms with Gasteiger partial charge in [-0.1, -0.05) is 119 Å². The third-order valence-corrected chi connectivity index (χ3v) is 12.0. The molecule has 2 heterocycles. The number of benzene rings is 2. The number of carbonyl (C=O) groups is 6. The average molecular weight is 813 g/mol. The van der Waals surface area contributed by atoms with E-state index in [1.165, 1.54) is 0 Å². The second-order valence-corrected chi connectivity index (χ2v) is 20.9. The van der Waals surface area contributed by atoms with Crippen molar-refractivity contribution in [1.29, 1.82) is 0 Å². The van der Waals surface area contributed by atoms with Gasteiger partial charge in [-0.15, -0.1) is 0 Å². The van der Waals surface area contributed by atoms with Gasteiger partial charge in [0.05, 0.1) is 17.8 Å². The molecule has 0 saturated carbocycles. The molecule has 4 atom stereocenters. The van der Waals surface area contributed by atoms with Gasteiger partial charge in [0.1, 0.15) is 11.5 Å². The van der Waals surface area contributed by atoms with E-state index < -0.39 is 59.1 Å². The molecule has 0 bridgehead atoms. The number of fused-ring (bicyclic) bond motifs is 1. The standard InChI is InChI=1S/C47H64N4O8/c1-25-18-29-30(43(59)51(42(29)58)49-37(53)17-15-27-21-34(46(8,9)10)40(56)35(22-27)47(11,12)13)23-28(25)31-24-38(54)50(41(31)57)48-36(52)16-14-26-19-32(44(2,3)4)39(55)33(20-26)45(5,6)7/h18-22,28-31,55-56H,14-17,23-24H2,1-13H3,(H,48,52)(H,49,53). The Labute approximate surface area is 349 Å². The van der Waals surface area contributed by atoms with Gasteiger partial charge in [0.15, 0.2) is 0 Å². The Hall–Kier alpha value is -5.00. The van der Waals surface area contributed by atoms with E-state index in [0.29, 0.717) is 18.4 Å². The van der Waals surface area contributed by atoms with Crippen molar-refractivity contribution >= 4 is 35.4 Å². The van der Waals surface area contributed by atoms with E-state index in [9.17, 15) is 39.0 Å². The summed E-state index contributed by atoms with van der Waals surface area (Å²) in [7, 11) is 0. The summed E-state index contributed by atoms with van der Waals surface area (Å²) in [5.74, 6) is -5.82. The summed E-state index contributed by atoms with van der Waals surface area (Å²) in [5.41, 5.74) is 9.14. The summed E-state index contributed by atoms with van der Waals surface area (Å²) in [5, 5.41) is 23.7. The quantitative estimate of drug-likeness (QED) is 0.157. The van der Waals surface area contributed by atoms with Gasteiger partial charge >= 0.3 is 0 Å². The van der Waals surface area contributed by atoms with Crippen LogP contribution in [0.5, 0.6) is 11.5 Å². The molecule has 2 fully saturated rings. The Morgan fingerprint density at radius 2 is 0.966 bits per heavy atom.